The van der Waals surface area contributed by atoms with Crippen LogP contribution in [0.25, 0.3) is 11.3 Å². The standard InChI is InChI=1S/C25H27N5O2/c31-23(27-13-9-19-8-4-5-12-26-19)20-17-25(20)10-14-30(15-11-25)24(32)22-16-21(28-29-22)18-6-2-1-3-7-18/h1-8,12,16,20H,9-11,13-15,17H2,(H,27,31)(H,28,29)/t20-/m0/s1. The smallest absolute Gasteiger partial charge is 0.271 e. The summed E-state index contributed by atoms with van der Waals surface area (Å²) in [6.07, 6.45) is 5.18. The van der Waals surface area contributed by atoms with Crippen molar-refractivity contribution in [1.29, 1.82) is 0 Å². The van der Waals surface area contributed by atoms with Crippen molar-refractivity contribution in [2.45, 2.75) is 25.7 Å². The van der Waals surface area contributed by atoms with Crippen LogP contribution in [0, 0.1) is 11.3 Å². The number of carbonyl (C=O) groups is 2. The number of likely N-dealkylation sites (tertiary alicyclic amines) is 1. The summed E-state index contributed by atoms with van der Waals surface area (Å²) in [5.74, 6) is 0.189. The maximum absolute atomic E-state index is 12.9. The van der Waals surface area contributed by atoms with Gasteiger partial charge in [0.05, 0.1) is 5.69 Å². The van der Waals surface area contributed by atoms with Gasteiger partial charge < -0.3 is 10.2 Å². The quantitative estimate of drug-likeness (QED) is 0.630. The van der Waals surface area contributed by atoms with Crippen LogP contribution >= 0.6 is 0 Å². The van der Waals surface area contributed by atoms with Crippen molar-refractivity contribution >= 4 is 11.8 Å². The highest BCUT2D eigenvalue weighted by Gasteiger charge is 2.58. The van der Waals surface area contributed by atoms with Crippen molar-refractivity contribution in [1.82, 2.24) is 25.4 Å². The molecular weight excluding hydrogens is 402 g/mol. The molecule has 1 aromatic carbocycles. The summed E-state index contributed by atoms with van der Waals surface area (Å²) in [5, 5.41) is 10.3. The molecule has 1 saturated carbocycles. The molecule has 7 nitrogen and oxygen atoms in total. The minimum absolute atomic E-state index is 0.0217. The van der Waals surface area contributed by atoms with E-state index in [9.17, 15) is 9.59 Å². The number of carbonyl (C=O) groups excluding carboxylic acids is 2. The number of benzene rings is 1. The number of pyridine rings is 1. The van der Waals surface area contributed by atoms with Crippen LogP contribution in [0.4, 0.5) is 0 Å². The van der Waals surface area contributed by atoms with E-state index >= 15 is 0 Å². The van der Waals surface area contributed by atoms with Crippen molar-refractivity contribution < 1.29 is 9.59 Å². The second kappa shape index (κ2) is 8.57. The summed E-state index contributed by atoms with van der Waals surface area (Å²) >= 11 is 0. The van der Waals surface area contributed by atoms with E-state index < -0.39 is 0 Å². The van der Waals surface area contributed by atoms with Gasteiger partial charge in [0.25, 0.3) is 5.91 Å². The Morgan fingerprint density at radius 3 is 2.62 bits per heavy atom. The Balaban J connectivity index is 1.11. The molecule has 5 rings (SSSR count). The monoisotopic (exact) mass is 429 g/mol. The molecule has 1 aliphatic heterocycles. The summed E-state index contributed by atoms with van der Waals surface area (Å²) in [6, 6.07) is 17.5. The lowest BCUT2D eigenvalue weighted by atomic mass is 9.90. The summed E-state index contributed by atoms with van der Waals surface area (Å²) < 4.78 is 0. The SMILES string of the molecule is O=C(NCCc1ccccn1)[C@@H]1CC12CCN(C(=O)c1cc(-c3ccccc3)n[nH]1)CC2. The molecule has 3 heterocycles. The Hall–Kier alpha value is -3.48. The van der Waals surface area contributed by atoms with Crippen molar-refractivity contribution in [3.63, 3.8) is 0 Å². The summed E-state index contributed by atoms with van der Waals surface area (Å²) in [5.41, 5.74) is 3.32. The third kappa shape index (κ3) is 4.15. The van der Waals surface area contributed by atoms with E-state index in [1.165, 1.54) is 0 Å². The third-order valence-corrected chi connectivity index (χ3v) is 6.84. The number of hydrogen-bond acceptors (Lipinski definition) is 4. The number of piperidine rings is 1. The van der Waals surface area contributed by atoms with Crippen LogP contribution in [0.3, 0.4) is 0 Å². The molecule has 0 radical (unpaired) electrons. The molecule has 3 aromatic rings. The van der Waals surface area contributed by atoms with E-state index in [-0.39, 0.29) is 23.1 Å². The molecular formula is C25H27N5O2. The molecule has 0 unspecified atom stereocenters. The van der Waals surface area contributed by atoms with Gasteiger partial charge in [-0.1, -0.05) is 36.4 Å². The number of nitrogens with one attached hydrogen (secondary N) is 2. The fourth-order valence-electron chi connectivity index (χ4n) is 4.77. The number of H-pyrrole nitrogens is 1. The summed E-state index contributed by atoms with van der Waals surface area (Å²) in [4.78, 5) is 31.7. The molecule has 7 heteroatoms. The normalized spacial score (nSPS) is 19.0. The van der Waals surface area contributed by atoms with E-state index in [4.69, 9.17) is 0 Å². The van der Waals surface area contributed by atoms with E-state index in [0.717, 1.165) is 42.6 Å². The van der Waals surface area contributed by atoms with Crippen LogP contribution in [0.5, 0.6) is 0 Å². The molecule has 1 aliphatic carbocycles. The van der Waals surface area contributed by atoms with E-state index in [1.807, 2.05) is 59.5 Å². The lowest BCUT2D eigenvalue weighted by molar-refractivity contribution is -0.123. The lowest BCUT2D eigenvalue weighted by Crippen LogP contribution is -2.41. The molecule has 32 heavy (non-hydrogen) atoms. The Kier molecular flexibility index (Phi) is 5.47. The first-order valence-corrected chi connectivity index (χ1v) is 11.2. The minimum Gasteiger partial charge on any atom is -0.355 e. The average Bonchev–Trinajstić information content (AvgIpc) is 3.30. The molecule has 2 N–H and O–H groups in total. The lowest BCUT2D eigenvalue weighted by Gasteiger charge is -2.32. The molecule has 2 aromatic heterocycles. The van der Waals surface area contributed by atoms with Crippen molar-refractivity contribution in [3.8, 4) is 11.3 Å². The highest BCUT2D eigenvalue weighted by atomic mass is 16.2. The van der Waals surface area contributed by atoms with Gasteiger partial charge in [0, 0.05) is 49.4 Å². The number of rotatable bonds is 6. The average molecular weight is 430 g/mol. The number of amides is 2. The molecule has 1 saturated heterocycles. The first-order chi connectivity index (χ1) is 15.6. The minimum atomic E-state index is -0.0217. The zero-order valence-electron chi connectivity index (χ0n) is 18.0. The van der Waals surface area contributed by atoms with Crippen molar-refractivity contribution in [3.05, 3.63) is 72.2 Å². The maximum atomic E-state index is 12.9. The van der Waals surface area contributed by atoms with Gasteiger partial charge in [-0.2, -0.15) is 5.10 Å². The topological polar surface area (TPSA) is 91.0 Å². The van der Waals surface area contributed by atoms with E-state index in [0.29, 0.717) is 25.3 Å². The maximum Gasteiger partial charge on any atom is 0.271 e. The molecule has 164 valence electrons. The highest BCUT2D eigenvalue weighted by Crippen LogP contribution is 2.59. The van der Waals surface area contributed by atoms with Gasteiger partial charge in [-0.05, 0) is 42.9 Å². The highest BCUT2D eigenvalue weighted by molar-refractivity contribution is 5.93. The fourth-order valence-corrected chi connectivity index (χ4v) is 4.77. The predicted octanol–water partition coefficient (Wildman–Crippen LogP) is 3.07. The number of aromatic nitrogens is 3. The van der Waals surface area contributed by atoms with Crippen LogP contribution in [-0.2, 0) is 11.2 Å². The van der Waals surface area contributed by atoms with Crippen LogP contribution in [0.15, 0.2) is 60.8 Å². The molecule has 2 aliphatic rings. The first-order valence-electron chi connectivity index (χ1n) is 11.2. The van der Waals surface area contributed by atoms with Gasteiger partial charge in [0.1, 0.15) is 5.69 Å². The second-order valence-corrected chi connectivity index (χ2v) is 8.81. The number of nitrogens with zero attached hydrogens (tertiary/aromatic N) is 3. The molecule has 1 atom stereocenters. The summed E-state index contributed by atoms with van der Waals surface area (Å²) in [7, 11) is 0. The van der Waals surface area contributed by atoms with Gasteiger partial charge in [0.2, 0.25) is 5.91 Å². The predicted molar refractivity (Wildman–Crippen MR) is 121 cm³/mol. The van der Waals surface area contributed by atoms with Gasteiger partial charge in [-0.25, -0.2) is 0 Å². The second-order valence-electron chi connectivity index (χ2n) is 8.81. The van der Waals surface area contributed by atoms with Gasteiger partial charge in [-0.15, -0.1) is 0 Å². The van der Waals surface area contributed by atoms with Crippen LogP contribution in [0.1, 0.15) is 35.4 Å². The first kappa shape index (κ1) is 20.4. The number of aromatic amines is 1. The molecule has 2 fully saturated rings. The van der Waals surface area contributed by atoms with Crippen molar-refractivity contribution in [2.24, 2.45) is 11.3 Å². The van der Waals surface area contributed by atoms with Crippen LogP contribution < -0.4 is 5.32 Å². The van der Waals surface area contributed by atoms with Crippen LogP contribution in [-0.4, -0.2) is 51.5 Å². The zero-order chi connectivity index (χ0) is 22.0. The molecule has 1 spiro atoms. The van der Waals surface area contributed by atoms with E-state index in [1.54, 1.807) is 6.20 Å². The van der Waals surface area contributed by atoms with Gasteiger partial charge >= 0.3 is 0 Å². The number of hydrogen-bond donors (Lipinski definition) is 2. The van der Waals surface area contributed by atoms with E-state index in [2.05, 4.69) is 20.5 Å². The third-order valence-electron chi connectivity index (χ3n) is 6.84. The Morgan fingerprint density at radius 2 is 1.88 bits per heavy atom. The largest absolute Gasteiger partial charge is 0.355 e. The fraction of sp³-hybridized carbons (Fsp3) is 0.360. The molecule has 0 bridgehead atoms. The summed E-state index contributed by atoms with van der Waals surface area (Å²) in [6.45, 7) is 1.96. The molecule has 2 amide bonds. The van der Waals surface area contributed by atoms with Crippen molar-refractivity contribution in [2.75, 3.05) is 19.6 Å². The Bertz CT molecular complexity index is 1090. The Morgan fingerprint density at radius 1 is 1.09 bits per heavy atom. The Labute approximate surface area is 187 Å². The zero-order valence-corrected chi connectivity index (χ0v) is 18.0. The van der Waals surface area contributed by atoms with Gasteiger partial charge in [-0.3, -0.25) is 19.7 Å². The van der Waals surface area contributed by atoms with Crippen LogP contribution in [0.2, 0.25) is 0 Å². The van der Waals surface area contributed by atoms with Gasteiger partial charge in [0.15, 0.2) is 0 Å².